The molecule has 0 radical (unpaired) electrons. The van der Waals surface area contributed by atoms with Crippen molar-refractivity contribution >= 4 is 17.5 Å². The van der Waals surface area contributed by atoms with Crippen LogP contribution in [0.25, 0.3) is 0 Å². The van der Waals surface area contributed by atoms with Crippen LogP contribution in [0.1, 0.15) is 44.6 Å². The second-order valence-electron chi connectivity index (χ2n) is 9.11. The van der Waals surface area contributed by atoms with Gasteiger partial charge in [0, 0.05) is 55.6 Å². The molecular formula is C26H25F3N6O2. The molecule has 2 aromatic heterocycles. The van der Waals surface area contributed by atoms with Gasteiger partial charge in [-0.2, -0.15) is 18.3 Å². The highest BCUT2D eigenvalue weighted by Gasteiger charge is 2.40. The Morgan fingerprint density at radius 3 is 2.59 bits per heavy atom. The van der Waals surface area contributed by atoms with Gasteiger partial charge in [-0.1, -0.05) is 36.9 Å². The van der Waals surface area contributed by atoms with E-state index in [0.717, 1.165) is 28.7 Å². The quantitative estimate of drug-likeness (QED) is 0.544. The molecule has 37 heavy (non-hydrogen) atoms. The van der Waals surface area contributed by atoms with Crippen molar-refractivity contribution in [2.45, 2.75) is 31.6 Å². The Hall–Kier alpha value is -4.15. The van der Waals surface area contributed by atoms with Crippen LogP contribution in [0.5, 0.6) is 0 Å². The molecule has 4 heterocycles. The molecule has 8 nitrogen and oxygen atoms in total. The molecule has 0 fully saturated rings. The zero-order chi connectivity index (χ0) is 26.3. The number of aromatic nitrogens is 3. The third-order valence-electron chi connectivity index (χ3n) is 6.86. The summed E-state index contributed by atoms with van der Waals surface area (Å²) in [5.74, 6) is -0.804. The van der Waals surface area contributed by atoms with E-state index in [2.05, 4.69) is 11.6 Å². The van der Waals surface area contributed by atoms with Gasteiger partial charge in [0.1, 0.15) is 5.69 Å². The Morgan fingerprint density at radius 2 is 1.92 bits per heavy atom. The number of rotatable bonds is 4. The maximum Gasteiger partial charge on any atom is 0.433 e. The number of amides is 2. The van der Waals surface area contributed by atoms with Gasteiger partial charge in [0.2, 0.25) is 5.91 Å². The number of nitrogens with zero attached hydrogens (tertiary/aromatic N) is 5. The van der Waals surface area contributed by atoms with Crippen molar-refractivity contribution in [3.8, 4) is 0 Å². The third-order valence-corrected chi connectivity index (χ3v) is 6.86. The Kier molecular flexibility index (Phi) is 6.22. The zero-order valence-corrected chi connectivity index (χ0v) is 19.9. The van der Waals surface area contributed by atoms with Gasteiger partial charge in [0.15, 0.2) is 0 Å². The summed E-state index contributed by atoms with van der Waals surface area (Å²) in [5.41, 5.74) is 8.06. The number of hydrogen-bond acceptors (Lipinski definition) is 5. The first kappa shape index (κ1) is 24.5. The number of halogens is 3. The van der Waals surface area contributed by atoms with E-state index in [1.165, 1.54) is 6.08 Å². The van der Waals surface area contributed by atoms with Crippen LogP contribution in [-0.2, 0) is 30.4 Å². The molecule has 5 rings (SSSR count). The average molecular weight is 511 g/mol. The molecule has 1 aromatic carbocycles. The molecule has 1 atom stereocenters. The molecule has 2 aliphatic rings. The second kappa shape index (κ2) is 9.38. The average Bonchev–Trinajstić information content (AvgIpc) is 3.11. The van der Waals surface area contributed by atoms with Gasteiger partial charge in [-0.05, 0) is 17.7 Å². The number of carbonyl (C=O) groups is 2. The largest absolute Gasteiger partial charge is 0.433 e. The van der Waals surface area contributed by atoms with E-state index in [9.17, 15) is 22.8 Å². The molecule has 3 aromatic rings. The van der Waals surface area contributed by atoms with Gasteiger partial charge in [-0.3, -0.25) is 19.3 Å². The number of pyridine rings is 1. The lowest BCUT2D eigenvalue weighted by Gasteiger charge is -2.38. The normalized spacial score (nSPS) is 17.2. The Labute approximate surface area is 211 Å². The fourth-order valence-electron chi connectivity index (χ4n) is 5.09. The lowest BCUT2D eigenvalue weighted by molar-refractivity contribution is -0.141. The fraction of sp³-hybridized carbons (Fsp3) is 0.308. The first-order valence-electron chi connectivity index (χ1n) is 11.8. The number of carbonyl (C=O) groups excluding carboxylic acids is 2. The molecule has 192 valence electrons. The molecule has 1 unspecified atom stereocenters. The van der Waals surface area contributed by atoms with Crippen LogP contribution in [0.15, 0.2) is 55.3 Å². The van der Waals surface area contributed by atoms with Gasteiger partial charge in [-0.15, -0.1) is 0 Å². The number of benzene rings is 1. The molecule has 2 amide bonds. The van der Waals surface area contributed by atoms with Crippen LogP contribution < -0.4 is 5.73 Å². The number of alkyl halides is 3. The number of anilines is 1. The third kappa shape index (κ3) is 4.56. The van der Waals surface area contributed by atoms with Gasteiger partial charge in [0.25, 0.3) is 5.91 Å². The summed E-state index contributed by atoms with van der Waals surface area (Å²) in [5, 5.41) is 4.86. The molecule has 11 heteroatoms. The van der Waals surface area contributed by atoms with Gasteiger partial charge in [-0.25, -0.2) is 0 Å². The maximum absolute atomic E-state index is 13.6. The standard InChI is InChI=1S/C26H25F3N6O2/c1-2-23(36)33-10-8-19-24-20(35(32-19)14-16-6-4-3-5-7-16)9-11-34(21(24)15-33)25(37)17-13-31-22(12-18(17)30)26(27,28)29/h2-7,12-13,21H,1,8-11,14-15H2,(H2,30,31). The summed E-state index contributed by atoms with van der Waals surface area (Å²) in [6.07, 6.45) is -1.57. The van der Waals surface area contributed by atoms with E-state index >= 15 is 0 Å². The molecule has 2 N–H and O–H groups in total. The van der Waals surface area contributed by atoms with E-state index in [-0.39, 0.29) is 30.2 Å². The summed E-state index contributed by atoms with van der Waals surface area (Å²) in [6, 6.07) is 10.0. The monoisotopic (exact) mass is 510 g/mol. The van der Waals surface area contributed by atoms with Gasteiger partial charge < -0.3 is 15.5 Å². The van der Waals surface area contributed by atoms with Crippen molar-refractivity contribution in [1.82, 2.24) is 24.6 Å². The molecular weight excluding hydrogens is 485 g/mol. The van der Waals surface area contributed by atoms with Crippen LogP contribution in [0, 0.1) is 0 Å². The summed E-state index contributed by atoms with van der Waals surface area (Å²) in [6.45, 7) is 5.04. The van der Waals surface area contributed by atoms with Crippen LogP contribution >= 0.6 is 0 Å². The van der Waals surface area contributed by atoms with E-state index < -0.39 is 23.8 Å². The Balaban J connectivity index is 1.53. The minimum absolute atomic E-state index is 0.111. The molecule has 0 saturated carbocycles. The number of hydrogen-bond donors (Lipinski definition) is 1. The van der Waals surface area contributed by atoms with Crippen molar-refractivity contribution in [3.05, 3.63) is 89.0 Å². The number of nitrogen functional groups attached to an aromatic ring is 1. The predicted molar refractivity (Wildman–Crippen MR) is 129 cm³/mol. The van der Waals surface area contributed by atoms with Crippen LogP contribution in [-0.4, -0.2) is 56.0 Å². The first-order chi connectivity index (χ1) is 17.7. The van der Waals surface area contributed by atoms with Crippen LogP contribution in [0.2, 0.25) is 0 Å². The highest BCUT2D eigenvalue weighted by molar-refractivity contribution is 5.99. The highest BCUT2D eigenvalue weighted by Crippen LogP contribution is 2.38. The Bertz CT molecular complexity index is 1370. The van der Waals surface area contributed by atoms with E-state index in [1.54, 1.807) is 9.80 Å². The maximum atomic E-state index is 13.6. The fourth-order valence-corrected chi connectivity index (χ4v) is 5.09. The molecule has 0 aliphatic carbocycles. The lowest BCUT2D eigenvalue weighted by atomic mass is 9.94. The van der Waals surface area contributed by atoms with E-state index in [1.807, 2.05) is 35.0 Å². The van der Waals surface area contributed by atoms with E-state index in [4.69, 9.17) is 10.8 Å². The highest BCUT2D eigenvalue weighted by atomic mass is 19.4. The minimum atomic E-state index is -4.68. The molecule has 0 saturated heterocycles. The van der Waals surface area contributed by atoms with Crippen LogP contribution in [0.3, 0.4) is 0 Å². The van der Waals surface area contributed by atoms with E-state index in [0.29, 0.717) is 32.0 Å². The smallest absolute Gasteiger partial charge is 0.398 e. The van der Waals surface area contributed by atoms with Gasteiger partial charge in [0.05, 0.1) is 23.8 Å². The second-order valence-corrected chi connectivity index (χ2v) is 9.11. The lowest BCUT2D eigenvalue weighted by Crippen LogP contribution is -2.46. The van der Waals surface area contributed by atoms with Gasteiger partial charge >= 0.3 is 6.18 Å². The molecule has 0 spiro atoms. The minimum Gasteiger partial charge on any atom is -0.398 e. The van der Waals surface area contributed by atoms with Crippen molar-refractivity contribution in [2.24, 2.45) is 0 Å². The van der Waals surface area contributed by atoms with Crippen molar-refractivity contribution in [3.63, 3.8) is 0 Å². The van der Waals surface area contributed by atoms with Crippen molar-refractivity contribution < 1.29 is 22.8 Å². The summed E-state index contributed by atoms with van der Waals surface area (Å²) in [4.78, 5) is 32.8. The molecule has 0 bridgehead atoms. The summed E-state index contributed by atoms with van der Waals surface area (Å²) in [7, 11) is 0. The van der Waals surface area contributed by atoms with Crippen LogP contribution in [0.4, 0.5) is 18.9 Å². The zero-order valence-electron chi connectivity index (χ0n) is 19.9. The topological polar surface area (TPSA) is 97.4 Å². The van der Waals surface area contributed by atoms with Crippen molar-refractivity contribution in [2.75, 3.05) is 25.4 Å². The number of nitrogens with two attached hydrogens (primary N) is 1. The SMILES string of the molecule is C=CC(=O)N1CCc2nn(Cc3ccccc3)c3c2C(C1)N(C(=O)c1cnc(C(F)(F)F)cc1N)CC3. The predicted octanol–water partition coefficient (Wildman–Crippen LogP) is 3.24. The summed E-state index contributed by atoms with van der Waals surface area (Å²) < 4.78 is 41.2. The Morgan fingerprint density at radius 1 is 1.16 bits per heavy atom. The van der Waals surface area contributed by atoms with Crippen molar-refractivity contribution in [1.29, 1.82) is 0 Å². The first-order valence-corrected chi connectivity index (χ1v) is 11.8. The summed E-state index contributed by atoms with van der Waals surface area (Å²) >= 11 is 0. The molecule has 2 aliphatic heterocycles.